The van der Waals surface area contributed by atoms with Crippen molar-refractivity contribution in [3.8, 4) is 0 Å². The Morgan fingerprint density at radius 1 is 1.33 bits per heavy atom. The number of aryl methyl sites for hydroxylation is 1. The Kier molecular flexibility index (Phi) is 2.53. The van der Waals surface area contributed by atoms with Crippen LogP contribution in [0.2, 0.25) is 0 Å². The van der Waals surface area contributed by atoms with Gasteiger partial charge in [-0.3, -0.25) is 0 Å². The van der Waals surface area contributed by atoms with Gasteiger partial charge in [-0.2, -0.15) is 0 Å². The minimum atomic E-state index is -0.532. The molecule has 15 heavy (non-hydrogen) atoms. The van der Waals surface area contributed by atoms with Crippen molar-refractivity contribution in [3.05, 3.63) is 17.1 Å². The normalized spacial score (nSPS) is 14.5. The Hall–Kier alpha value is -1.65. The quantitative estimate of drug-likeness (QED) is 0.686. The summed E-state index contributed by atoms with van der Waals surface area (Å²) in [5, 5.41) is 0. The first-order valence-corrected chi connectivity index (χ1v) is 4.96. The largest absolute Gasteiger partial charge is 0.463 e. The molecule has 80 valence electrons. The van der Waals surface area contributed by atoms with E-state index in [1.165, 1.54) is 7.11 Å². The summed E-state index contributed by atoms with van der Waals surface area (Å²) in [5.41, 5.74) is 7.67. The van der Waals surface area contributed by atoms with Crippen molar-refractivity contribution in [3.63, 3.8) is 0 Å². The third-order valence-electron chi connectivity index (χ3n) is 2.58. The molecule has 0 atom stereocenters. The number of nitrogens with zero attached hydrogens (tertiary/aromatic N) is 2. The minimum Gasteiger partial charge on any atom is -0.463 e. The number of carbonyl (C=O) groups excluding carboxylic acids is 1. The monoisotopic (exact) mass is 207 g/mol. The van der Waals surface area contributed by atoms with Gasteiger partial charge < -0.3 is 10.5 Å². The van der Waals surface area contributed by atoms with Crippen LogP contribution in [0, 0.1) is 0 Å². The van der Waals surface area contributed by atoms with E-state index in [4.69, 9.17) is 5.73 Å². The highest BCUT2D eigenvalue weighted by atomic mass is 16.5. The van der Waals surface area contributed by atoms with Crippen LogP contribution in [0.1, 0.15) is 34.7 Å². The fourth-order valence-electron chi connectivity index (χ4n) is 1.81. The van der Waals surface area contributed by atoms with Gasteiger partial charge in [-0.15, -0.1) is 0 Å². The second-order valence-electron chi connectivity index (χ2n) is 3.56. The second kappa shape index (κ2) is 3.84. The van der Waals surface area contributed by atoms with Crippen LogP contribution in [0.15, 0.2) is 0 Å². The third kappa shape index (κ3) is 1.77. The second-order valence-corrected chi connectivity index (χ2v) is 3.56. The maximum Gasteiger partial charge on any atom is 0.376 e. The van der Waals surface area contributed by atoms with E-state index >= 15 is 0 Å². The zero-order valence-electron chi connectivity index (χ0n) is 8.62. The van der Waals surface area contributed by atoms with Gasteiger partial charge in [0.1, 0.15) is 5.82 Å². The predicted molar refractivity (Wildman–Crippen MR) is 54.4 cm³/mol. The molecule has 2 rings (SSSR count). The molecule has 5 heteroatoms. The number of hydrogen-bond donors (Lipinski definition) is 1. The third-order valence-corrected chi connectivity index (χ3v) is 2.58. The molecule has 1 aromatic heterocycles. The van der Waals surface area contributed by atoms with Crippen LogP contribution in [0.5, 0.6) is 0 Å². The Labute approximate surface area is 87.7 Å². The topological polar surface area (TPSA) is 78.1 Å². The van der Waals surface area contributed by atoms with Gasteiger partial charge >= 0.3 is 5.97 Å². The summed E-state index contributed by atoms with van der Waals surface area (Å²) in [6, 6.07) is 0. The number of aromatic nitrogens is 2. The molecule has 5 nitrogen and oxygen atoms in total. The number of nitrogen functional groups attached to an aromatic ring is 1. The van der Waals surface area contributed by atoms with E-state index < -0.39 is 5.97 Å². The van der Waals surface area contributed by atoms with Crippen molar-refractivity contribution in [2.45, 2.75) is 25.7 Å². The summed E-state index contributed by atoms with van der Waals surface area (Å²) in [4.78, 5) is 19.4. The Morgan fingerprint density at radius 3 is 2.80 bits per heavy atom. The first kappa shape index (κ1) is 9.89. The molecule has 0 saturated heterocycles. The average molecular weight is 207 g/mol. The first-order valence-electron chi connectivity index (χ1n) is 4.96. The van der Waals surface area contributed by atoms with Crippen LogP contribution in [0.4, 0.5) is 5.82 Å². The lowest BCUT2D eigenvalue weighted by atomic mass is 9.96. The van der Waals surface area contributed by atoms with E-state index in [2.05, 4.69) is 14.7 Å². The average Bonchev–Trinajstić information content (AvgIpc) is 2.28. The summed E-state index contributed by atoms with van der Waals surface area (Å²) in [6.07, 6.45) is 3.97. The van der Waals surface area contributed by atoms with Gasteiger partial charge in [0.05, 0.1) is 12.8 Å². The highest BCUT2D eigenvalue weighted by Crippen LogP contribution is 2.23. The maximum atomic E-state index is 11.2. The van der Waals surface area contributed by atoms with Gasteiger partial charge in [-0.1, -0.05) is 0 Å². The molecule has 1 aromatic rings. The number of anilines is 1. The zero-order chi connectivity index (χ0) is 10.8. The molecule has 2 N–H and O–H groups in total. The Balaban J connectivity index is 2.45. The Morgan fingerprint density at radius 2 is 2.07 bits per heavy atom. The van der Waals surface area contributed by atoms with E-state index in [1.807, 2.05) is 0 Å². The first-order chi connectivity index (χ1) is 7.22. The van der Waals surface area contributed by atoms with Gasteiger partial charge in [0.25, 0.3) is 0 Å². The van der Waals surface area contributed by atoms with E-state index in [-0.39, 0.29) is 5.82 Å². The lowest BCUT2D eigenvalue weighted by Gasteiger charge is -2.16. The molecule has 0 bridgehead atoms. The highest BCUT2D eigenvalue weighted by Gasteiger charge is 2.19. The van der Waals surface area contributed by atoms with E-state index in [1.54, 1.807) is 0 Å². The molecular formula is C10H13N3O2. The van der Waals surface area contributed by atoms with Crippen molar-refractivity contribution in [2.24, 2.45) is 0 Å². The number of esters is 1. The van der Waals surface area contributed by atoms with Crippen molar-refractivity contribution < 1.29 is 9.53 Å². The number of hydrogen-bond acceptors (Lipinski definition) is 5. The fraction of sp³-hybridized carbons (Fsp3) is 0.500. The van der Waals surface area contributed by atoms with Crippen LogP contribution in [0.25, 0.3) is 0 Å². The van der Waals surface area contributed by atoms with Crippen LogP contribution in [-0.2, 0) is 17.6 Å². The molecule has 0 aromatic carbocycles. The number of methoxy groups -OCH3 is 1. The number of ether oxygens (including phenoxy) is 1. The van der Waals surface area contributed by atoms with Crippen LogP contribution >= 0.6 is 0 Å². The minimum absolute atomic E-state index is 0.0654. The molecule has 0 radical (unpaired) electrons. The van der Waals surface area contributed by atoms with Crippen LogP contribution in [0.3, 0.4) is 0 Å². The van der Waals surface area contributed by atoms with E-state index in [9.17, 15) is 4.79 Å². The zero-order valence-corrected chi connectivity index (χ0v) is 8.62. The molecule has 0 saturated carbocycles. The fourth-order valence-corrected chi connectivity index (χ4v) is 1.81. The molecule has 1 heterocycles. The van der Waals surface area contributed by atoms with Gasteiger partial charge in [-0.05, 0) is 25.7 Å². The molecule has 0 fully saturated rings. The summed E-state index contributed by atoms with van der Waals surface area (Å²) in [7, 11) is 1.31. The maximum absolute atomic E-state index is 11.2. The molecule has 0 spiro atoms. The molecule has 0 aliphatic heterocycles. The highest BCUT2D eigenvalue weighted by molar-refractivity contribution is 5.85. The van der Waals surface area contributed by atoms with Crippen LogP contribution < -0.4 is 5.73 Å². The van der Waals surface area contributed by atoms with Gasteiger partial charge in [0.15, 0.2) is 0 Å². The standard InChI is InChI=1S/C10H13N3O2/c1-15-10(14)9-12-7-5-3-2-4-6(7)8(11)13-9/h2-5H2,1H3,(H2,11,12,13). The van der Waals surface area contributed by atoms with Gasteiger partial charge in [0.2, 0.25) is 5.82 Å². The number of rotatable bonds is 1. The van der Waals surface area contributed by atoms with Gasteiger partial charge in [-0.25, -0.2) is 14.8 Å². The lowest BCUT2D eigenvalue weighted by Crippen LogP contribution is -2.16. The van der Waals surface area contributed by atoms with Crippen molar-refractivity contribution >= 4 is 11.8 Å². The molecular weight excluding hydrogens is 194 g/mol. The van der Waals surface area contributed by atoms with Crippen molar-refractivity contribution in [2.75, 3.05) is 12.8 Å². The summed E-state index contributed by atoms with van der Waals surface area (Å²) < 4.78 is 4.56. The summed E-state index contributed by atoms with van der Waals surface area (Å²) in [6.45, 7) is 0. The van der Waals surface area contributed by atoms with Gasteiger partial charge in [0, 0.05) is 5.56 Å². The Bertz CT molecular complexity index is 404. The summed E-state index contributed by atoms with van der Waals surface area (Å²) in [5.74, 6) is -0.0502. The number of nitrogens with two attached hydrogens (primary N) is 1. The number of carbonyl (C=O) groups is 1. The molecule has 1 aliphatic carbocycles. The summed E-state index contributed by atoms with van der Waals surface area (Å²) >= 11 is 0. The van der Waals surface area contributed by atoms with Crippen molar-refractivity contribution in [1.82, 2.24) is 9.97 Å². The van der Waals surface area contributed by atoms with E-state index in [0.29, 0.717) is 5.82 Å². The lowest BCUT2D eigenvalue weighted by molar-refractivity contribution is 0.0586. The molecule has 1 aliphatic rings. The SMILES string of the molecule is COC(=O)c1nc(N)c2c(n1)CCCC2. The van der Waals surface area contributed by atoms with E-state index in [0.717, 1.165) is 36.9 Å². The van der Waals surface area contributed by atoms with Crippen molar-refractivity contribution in [1.29, 1.82) is 0 Å². The van der Waals surface area contributed by atoms with Crippen LogP contribution in [-0.4, -0.2) is 23.0 Å². The predicted octanol–water partition coefficient (Wildman–Crippen LogP) is 0.724. The molecule has 0 unspecified atom stereocenters. The smallest absolute Gasteiger partial charge is 0.376 e. The molecule has 0 amide bonds. The number of fused-ring (bicyclic) bond motifs is 1.